The van der Waals surface area contributed by atoms with Gasteiger partial charge in [-0.2, -0.15) is 0 Å². The van der Waals surface area contributed by atoms with E-state index in [0.29, 0.717) is 0 Å². The molecule has 3 N–H and O–H groups in total. The Bertz CT molecular complexity index is 300. The molecule has 15 heavy (non-hydrogen) atoms. The zero-order valence-corrected chi connectivity index (χ0v) is 8.44. The van der Waals surface area contributed by atoms with Gasteiger partial charge in [-0.1, -0.05) is 0 Å². The van der Waals surface area contributed by atoms with E-state index in [4.69, 9.17) is 15.3 Å². The first kappa shape index (κ1) is 13.5. The summed E-state index contributed by atoms with van der Waals surface area (Å²) in [6.45, 7) is 0. The summed E-state index contributed by atoms with van der Waals surface area (Å²) < 4.78 is 10.7. The van der Waals surface area contributed by atoms with Gasteiger partial charge in [0.2, 0.25) is 0 Å². The van der Waals surface area contributed by atoms with Crippen molar-refractivity contribution >= 4 is 26.4 Å². The molecule has 0 aliphatic rings. The monoisotopic (exact) mass is 236 g/mol. The maximum atomic E-state index is 10.7. The average molecular weight is 236 g/mol. The van der Waals surface area contributed by atoms with Crippen LogP contribution in [-0.2, 0) is 18.9 Å². The van der Waals surface area contributed by atoms with Crippen molar-refractivity contribution in [2.75, 3.05) is 0 Å². The quantitative estimate of drug-likeness (QED) is 0.547. The summed E-state index contributed by atoms with van der Waals surface area (Å²) in [4.78, 5) is 31.3. The first-order chi connectivity index (χ1) is 6.84. The molecule has 84 valence electrons. The van der Waals surface area contributed by atoms with E-state index in [1.165, 1.54) is 0 Å². The van der Waals surface area contributed by atoms with Crippen LogP contribution < -0.4 is 0 Å². The predicted molar refractivity (Wildman–Crippen MR) is 47.1 cm³/mol. The van der Waals surface area contributed by atoms with Gasteiger partial charge < -0.3 is 15.3 Å². The Kier molecular flexibility index (Phi) is 4.87. The molecule has 0 aliphatic carbocycles. The Labute approximate surface area is 85.9 Å². The van der Waals surface area contributed by atoms with Crippen LogP contribution in [0, 0.1) is 0 Å². The largest absolute Gasteiger partial charge is 0.481 e. The molecule has 0 spiro atoms. The average Bonchev–Trinajstić information content (AvgIpc) is 2.11. The zero-order valence-electron chi connectivity index (χ0n) is 7.54. The molecule has 0 heterocycles. The lowest BCUT2D eigenvalue weighted by atomic mass is 9.98. The lowest BCUT2D eigenvalue weighted by Gasteiger charge is -2.18. The van der Waals surface area contributed by atoms with Gasteiger partial charge in [0, 0.05) is 6.42 Å². The van der Waals surface area contributed by atoms with E-state index < -0.39 is 50.8 Å². The van der Waals surface area contributed by atoms with E-state index >= 15 is 0 Å². The summed E-state index contributed by atoms with van der Waals surface area (Å²) in [6.07, 6.45) is -1.91. The summed E-state index contributed by atoms with van der Waals surface area (Å²) in [5.74, 6) is -4.29. The Morgan fingerprint density at radius 1 is 1.07 bits per heavy atom. The number of carboxylic acids is 3. The Balaban J connectivity index is 4.80. The fourth-order valence-corrected chi connectivity index (χ4v) is 1.43. The van der Waals surface area contributed by atoms with Crippen LogP contribution in [-0.4, -0.2) is 38.4 Å². The highest BCUT2D eigenvalue weighted by Crippen LogP contribution is 2.33. The Morgan fingerprint density at radius 2 is 1.60 bits per heavy atom. The van der Waals surface area contributed by atoms with Crippen molar-refractivity contribution in [3.8, 4) is 0 Å². The molecule has 0 aliphatic heterocycles. The highest BCUT2D eigenvalue weighted by molar-refractivity contribution is 7.27. The second-order valence-corrected chi connectivity index (χ2v) is 3.93. The van der Waals surface area contributed by atoms with Crippen molar-refractivity contribution in [1.29, 1.82) is 0 Å². The van der Waals surface area contributed by atoms with E-state index in [2.05, 4.69) is 0 Å². The summed E-state index contributed by atoms with van der Waals surface area (Å²) in [7, 11) is -0.900. The first-order valence-electron chi connectivity index (χ1n) is 3.85. The lowest BCUT2D eigenvalue weighted by Crippen LogP contribution is -2.35. The van der Waals surface area contributed by atoms with Crippen LogP contribution in [0.25, 0.3) is 0 Å². The number of carboxylic acid groups (broad SMARTS) is 3. The number of hydrogen-bond acceptors (Lipinski definition) is 4. The van der Waals surface area contributed by atoms with Gasteiger partial charge in [-0.3, -0.25) is 18.9 Å². The normalized spacial score (nSPS) is 14.4. The molecule has 0 amide bonds. The molecule has 0 radical (unpaired) electrons. The number of carbonyl (C=O) groups is 3. The highest BCUT2D eigenvalue weighted by atomic mass is 31.1. The van der Waals surface area contributed by atoms with Crippen LogP contribution in [0.4, 0.5) is 0 Å². The molecule has 0 aromatic rings. The molecule has 7 nitrogen and oxygen atoms in total. The van der Waals surface area contributed by atoms with Gasteiger partial charge in [-0.05, 0) is 6.42 Å². The van der Waals surface area contributed by atoms with Crippen LogP contribution >= 0.6 is 8.46 Å². The van der Waals surface area contributed by atoms with Gasteiger partial charge in [-0.15, -0.1) is 0 Å². The smallest absolute Gasteiger partial charge is 0.322 e. The minimum Gasteiger partial charge on any atom is -0.481 e. The van der Waals surface area contributed by atoms with Crippen LogP contribution in [0.1, 0.15) is 19.3 Å². The maximum absolute atomic E-state index is 10.7. The molecule has 8 heteroatoms. The van der Waals surface area contributed by atoms with Gasteiger partial charge >= 0.3 is 17.9 Å². The second-order valence-electron chi connectivity index (χ2n) is 2.89. The number of rotatable bonds is 7. The topological polar surface area (TPSA) is 129 Å². The summed E-state index contributed by atoms with van der Waals surface area (Å²) in [6, 6.07) is 0. The minimum absolute atomic E-state index is 0.491. The fourth-order valence-electron chi connectivity index (χ4n) is 0.952. The summed E-state index contributed by atoms with van der Waals surface area (Å²) >= 11 is 0. The molecule has 1 atom stereocenters. The van der Waals surface area contributed by atoms with Crippen molar-refractivity contribution < 1.29 is 34.3 Å². The standard InChI is InChI=1S/C7H9O7P/c8-4(9)1-2-7(15-14,6(12)13)3-5(10)11/h1-3H2,(H,8,9)(H,10,11)(H,12,13). The van der Waals surface area contributed by atoms with Gasteiger partial charge in [-0.25, -0.2) is 0 Å². The Hall–Kier alpha value is -1.49. The van der Waals surface area contributed by atoms with Crippen molar-refractivity contribution in [3.63, 3.8) is 0 Å². The number of aliphatic carboxylic acids is 3. The Morgan fingerprint density at radius 3 is 1.87 bits per heavy atom. The fraction of sp³-hybridized carbons (Fsp3) is 0.571. The molecule has 0 aromatic heterocycles. The van der Waals surface area contributed by atoms with Gasteiger partial charge in [0.05, 0.1) is 6.42 Å². The molecule has 0 aromatic carbocycles. The van der Waals surface area contributed by atoms with E-state index in [1.54, 1.807) is 0 Å². The molecule has 0 saturated heterocycles. The third kappa shape index (κ3) is 4.03. The van der Waals surface area contributed by atoms with Crippen molar-refractivity contribution in [3.05, 3.63) is 0 Å². The van der Waals surface area contributed by atoms with Crippen LogP contribution in [0.3, 0.4) is 0 Å². The summed E-state index contributed by atoms with van der Waals surface area (Å²) in [5, 5.41) is 23.5. The zero-order chi connectivity index (χ0) is 12.1. The third-order valence-corrected chi connectivity index (χ3v) is 2.69. The molecule has 0 fully saturated rings. The van der Waals surface area contributed by atoms with E-state index in [9.17, 15) is 18.9 Å². The summed E-state index contributed by atoms with van der Waals surface area (Å²) in [5.41, 5.74) is 0. The molecule has 0 rings (SSSR count). The van der Waals surface area contributed by atoms with Gasteiger partial charge in [0.25, 0.3) is 0 Å². The van der Waals surface area contributed by atoms with Crippen molar-refractivity contribution in [2.45, 2.75) is 24.4 Å². The lowest BCUT2D eigenvalue weighted by molar-refractivity contribution is -0.147. The minimum atomic E-state index is -2.05. The van der Waals surface area contributed by atoms with E-state index in [1.807, 2.05) is 0 Å². The van der Waals surface area contributed by atoms with Crippen LogP contribution in [0.2, 0.25) is 0 Å². The van der Waals surface area contributed by atoms with E-state index in [0.717, 1.165) is 0 Å². The second kappa shape index (κ2) is 5.41. The van der Waals surface area contributed by atoms with Crippen molar-refractivity contribution in [1.82, 2.24) is 0 Å². The van der Waals surface area contributed by atoms with Crippen molar-refractivity contribution in [2.24, 2.45) is 0 Å². The third-order valence-electron chi connectivity index (χ3n) is 1.77. The van der Waals surface area contributed by atoms with E-state index in [-0.39, 0.29) is 0 Å². The highest BCUT2D eigenvalue weighted by Gasteiger charge is 2.42. The maximum Gasteiger partial charge on any atom is 0.322 e. The first-order valence-corrected chi connectivity index (χ1v) is 4.67. The molecule has 1 unspecified atom stereocenters. The van der Waals surface area contributed by atoms with Gasteiger partial charge in [0.1, 0.15) is 0 Å². The molecule has 0 bridgehead atoms. The molecular formula is C7H9O7P. The predicted octanol–water partition coefficient (Wildman–Crippen LogP) is 0.441. The number of hydrogen-bond donors (Lipinski definition) is 3. The SMILES string of the molecule is O=PC(CCC(=O)O)(CC(=O)O)C(=O)O. The van der Waals surface area contributed by atoms with Crippen LogP contribution in [0.5, 0.6) is 0 Å². The van der Waals surface area contributed by atoms with Crippen LogP contribution in [0.15, 0.2) is 0 Å². The molecule has 0 saturated carbocycles. The molecular weight excluding hydrogens is 227 g/mol. The van der Waals surface area contributed by atoms with Gasteiger partial charge in [0.15, 0.2) is 13.6 Å².